The molecular formula is C40H28N2S. The van der Waals surface area contributed by atoms with Crippen LogP contribution in [0.25, 0.3) is 0 Å². The minimum Gasteiger partial charge on any atom is -0.355 e. The van der Waals surface area contributed by atoms with Gasteiger partial charge in [-0.3, -0.25) is 4.90 Å². The molecule has 1 N–H and O–H groups in total. The molecule has 43 heavy (non-hydrogen) atoms. The molecule has 4 aromatic carbocycles. The first-order valence-corrected chi connectivity index (χ1v) is 15.1. The summed E-state index contributed by atoms with van der Waals surface area (Å²) in [6.07, 6.45) is 17.0. The van der Waals surface area contributed by atoms with E-state index < -0.39 is 5.41 Å². The lowest BCUT2D eigenvalue weighted by Gasteiger charge is -2.44. The highest BCUT2D eigenvalue weighted by molar-refractivity contribution is 8.03. The van der Waals surface area contributed by atoms with Crippen LogP contribution in [0.5, 0.6) is 0 Å². The van der Waals surface area contributed by atoms with Gasteiger partial charge in [0.2, 0.25) is 0 Å². The first-order chi connectivity index (χ1) is 21.2. The van der Waals surface area contributed by atoms with Gasteiger partial charge in [-0.25, -0.2) is 0 Å². The molecule has 3 heteroatoms. The van der Waals surface area contributed by atoms with E-state index in [9.17, 15) is 0 Å². The number of rotatable bonds is 6. The molecule has 0 saturated carbocycles. The minimum atomic E-state index is -0.496. The van der Waals surface area contributed by atoms with E-state index in [0.29, 0.717) is 0 Å². The van der Waals surface area contributed by atoms with Crippen LogP contribution in [0.1, 0.15) is 18.1 Å². The molecule has 0 aromatic heterocycles. The van der Waals surface area contributed by atoms with Crippen LogP contribution in [0.3, 0.4) is 0 Å². The summed E-state index contributed by atoms with van der Waals surface area (Å²) in [7, 11) is 0. The Labute approximate surface area is 257 Å². The van der Waals surface area contributed by atoms with Gasteiger partial charge in [0.15, 0.2) is 0 Å². The average Bonchev–Trinajstić information content (AvgIpc) is 3.04. The summed E-state index contributed by atoms with van der Waals surface area (Å²) in [5.41, 5.74) is 14.9. The minimum absolute atomic E-state index is 0.496. The van der Waals surface area contributed by atoms with Crippen LogP contribution in [0.4, 0.5) is 17.1 Å². The predicted octanol–water partition coefficient (Wildman–Crippen LogP) is 9.98. The Bertz CT molecular complexity index is 1900. The fourth-order valence-corrected chi connectivity index (χ4v) is 6.65. The molecule has 0 saturated heterocycles. The van der Waals surface area contributed by atoms with E-state index >= 15 is 0 Å². The molecule has 204 valence electrons. The summed E-state index contributed by atoms with van der Waals surface area (Å²) >= 11 is 1.69. The zero-order chi connectivity index (χ0) is 29.1. The maximum atomic E-state index is 3.71. The lowest BCUT2D eigenvalue weighted by Crippen LogP contribution is -2.37. The number of hydrogen-bond donors (Lipinski definition) is 1. The fraction of sp³-hybridized carbons (Fsp3) is 0.0500. The van der Waals surface area contributed by atoms with Crippen LogP contribution in [0.2, 0.25) is 0 Å². The number of nitrogens with zero attached hydrogens (tertiary/aromatic N) is 1. The zero-order valence-electron chi connectivity index (χ0n) is 23.7. The number of nitrogens with one attached hydrogen (secondary N) is 1. The van der Waals surface area contributed by atoms with Gasteiger partial charge in [0.05, 0.1) is 16.3 Å². The highest BCUT2D eigenvalue weighted by atomic mass is 32.2. The number of fused-ring (bicyclic) bond motifs is 2. The molecule has 0 bridgehead atoms. The topological polar surface area (TPSA) is 15.3 Å². The van der Waals surface area contributed by atoms with Crippen LogP contribution in [-0.4, -0.2) is 0 Å². The normalized spacial score (nSPS) is 19.9. The van der Waals surface area contributed by atoms with Gasteiger partial charge in [-0.1, -0.05) is 109 Å². The molecule has 2 nitrogen and oxygen atoms in total. The van der Waals surface area contributed by atoms with Crippen molar-refractivity contribution in [3.63, 3.8) is 0 Å². The van der Waals surface area contributed by atoms with Crippen molar-refractivity contribution in [1.29, 1.82) is 0 Å². The van der Waals surface area contributed by atoms with E-state index in [1.54, 1.807) is 11.8 Å². The number of benzene rings is 3. The number of thioether (sulfide) groups is 1. The van der Waals surface area contributed by atoms with Crippen LogP contribution < -0.4 is 10.2 Å². The number of para-hydroxylation sites is 2. The highest BCUT2D eigenvalue weighted by Gasteiger charge is 2.44. The van der Waals surface area contributed by atoms with Gasteiger partial charge in [0.25, 0.3) is 0 Å². The average molecular weight is 569 g/mol. The number of anilines is 3. The van der Waals surface area contributed by atoms with E-state index in [0.717, 1.165) is 44.5 Å². The van der Waals surface area contributed by atoms with Gasteiger partial charge in [-0.05, 0) is 90.6 Å². The maximum Gasteiger partial charge on any atom is 0.102 e. The Kier molecular flexibility index (Phi) is 7.10. The Morgan fingerprint density at radius 1 is 0.721 bits per heavy atom. The molecule has 0 radical (unpaired) electrons. The van der Waals surface area contributed by atoms with E-state index in [4.69, 9.17) is 0 Å². The molecular weight excluding hydrogens is 541 g/mol. The molecule has 1 unspecified atom stereocenters. The molecule has 3 aliphatic rings. The monoisotopic (exact) mass is 568 g/mol. The summed E-state index contributed by atoms with van der Waals surface area (Å²) in [5.74, 6) is 0. The van der Waals surface area contributed by atoms with Crippen LogP contribution in [-0.2, 0) is 5.41 Å². The lowest BCUT2D eigenvalue weighted by molar-refractivity contribution is 0.670. The molecule has 1 atom stereocenters. The molecule has 4 aromatic rings. The molecule has 0 fully saturated rings. The summed E-state index contributed by atoms with van der Waals surface area (Å²) in [4.78, 5) is 4.44. The first kappa shape index (κ1) is 26.5. The van der Waals surface area contributed by atoms with Gasteiger partial charge >= 0.3 is 0 Å². The van der Waals surface area contributed by atoms with Crippen molar-refractivity contribution in [3.05, 3.63) is 202 Å². The Balaban J connectivity index is 1.38. The Morgan fingerprint density at radius 2 is 1.47 bits per heavy atom. The lowest BCUT2D eigenvalue weighted by atomic mass is 9.66. The zero-order valence-corrected chi connectivity index (χ0v) is 24.5. The molecule has 0 amide bonds. The SMILES string of the molecule is CC1(C2=C/C=C/C=C/C=C\2Nc2ccccc2)c2ccc#cc2N(C2=C=C=C(Sc3ccccc3)C=C2)c2ccccc21. The van der Waals surface area contributed by atoms with Crippen LogP contribution in [0, 0.1) is 12.1 Å². The second-order valence-electron chi connectivity index (χ2n) is 10.5. The second kappa shape index (κ2) is 11.5. The third kappa shape index (κ3) is 5.02. The smallest absolute Gasteiger partial charge is 0.102 e. The van der Waals surface area contributed by atoms with Gasteiger partial charge < -0.3 is 5.32 Å². The van der Waals surface area contributed by atoms with Crippen molar-refractivity contribution in [2.45, 2.75) is 17.2 Å². The van der Waals surface area contributed by atoms with Gasteiger partial charge in [-0.2, -0.15) is 0 Å². The van der Waals surface area contributed by atoms with Gasteiger partial charge in [0, 0.05) is 27.3 Å². The van der Waals surface area contributed by atoms with Crippen molar-refractivity contribution in [1.82, 2.24) is 0 Å². The van der Waals surface area contributed by atoms with Crippen LogP contribution >= 0.6 is 11.8 Å². The molecule has 2 aliphatic carbocycles. The van der Waals surface area contributed by atoms with E-state index in [1.165, 1.54) is 10.5 Å². The standard InChI is InChI=1S/C40H28N2S/c1-40(34-20-10-2-3-11-23-37(34)41-30-16-6-4-7-17-30)35-21-12-14-24-38(35)42(39-25-15-13-22-36(39)40)31-26-28-33(29-27-31)43-32-18-8-5-9-19-32/h2-14,16-24,26,28,41H,1H3/b3-2?,10-2+,11-3+,20-10?,23-11?,34-20+,37-23+,37-34?. The van der Waals surface area contributed by atoms with E-state index in [2.05, 4.69) is 168 Å². The summed E-state index contributed by atoms with van der Waals surface area (Å²) in [6.45, 7) is 2.32. The molecule has 1 aliphatic heterocycles. The van der Waals surface area contributed by atoms with Crippen molar-refractivity contribution >= 4 is 28.8 Å². The third-order valence-corrected chi connectivity index (χ3v) is 8.85. The van der Waals surface area contributed by atoms with Gasteiger partial charge in [-0.15, -0.1) is 0 Å². The number of allylic oxidation sites excluding steroid dienone is 9. The van der Waals surface area contributed by atoms with E-state index in [-0.39, 0.29) is 0 Å². The Morgan fingerprint density at radius 3 is 2.26 bits per heavy atom. The van der Waals surface area contributed by atoms with Crippen molar-refractivity contribution in [3.8, 4) is 0 Å². The molecule has 1 heterocycles. The summed E-state index contributed by atoms with van der Waals surface area (Å²) < 4.78 is 0. The van der Waals surface area contributed by atoms with Gasteiger partial charge in [0.1, 0.15) is 5.69 Å². The fourth-order valence-electron chi connectivity index (χ4n) is 5.86. The third-order valence-electron chi connectivity index (χ3n) is 7.88. The molecule has 0 spiro atoms. The van der Waals surface area contributed by atoms with Crippen molar-refractivity contribution in [2.75, 3.05) is 10.2 Å². The maximum absolute atomic E-state index is 3.71. The summed E-state index contributed by atoms with van der Waals surface area (Å²) in [6, 6.07) is 40.2. The first-order valence-electron chi connectivity index (χ1n) is 14.3. The predicted molar refractivity (Wildman–Crippen MR) is 179 cm³/mol. The van der Waals surface area contributed by atoms with Crippen molar-refractivity contribution in [2.24, 2.45) is 0 Å². The number of hydrogen-bond acceptors (Lipinski definition) is 3. The second-order valence-corrected chi connectivity index (χ2v) is 11.6. The van der Waals surface area contributed by atoms with Crippen molar-refractivity contribution < 1.29 is 0 Å². The quantitative estimate of drug-likeness (QED) is 0.233. The Hall–Kier alpha value is -5.35. The molecule has 7 rings (SSSR count). The largest absolute Gasteiger partial charge is 0.355 e. The summed E-state index contributed by atoms with van der Waals surface area (Å²) in [5, 5.41) is 3.71. The highest BCUT2D eigenvalue weighted by Crippen LogP contribution is 2.54. The van der Waals surface area contributed by atoms with E-state index in [1.807, 2.05) is 18.2 Å². The van der Waals surface area contributed by atoms with Crippen LogP contribution in [0.15, 0.2) is 184 Å².